The third-order valence-corrected chi connectivity index (χ3v) is 5.66. The van der Waals surface area contributed by atoms with Crippen LogP contribution in [0.4, 0.5) is 0 Å². The Morgan fingerprint density at radius 2 is 1.94 bits per heavy atom. The molecular weight excluding hydrogens is 286 g/mol. The van der Waals surface area contributed by atoms with Gasteiger partial charge in [0.25, 0.3) is 5.22 Å². The first-order valence-electron chi connectivity index (χ1n) is 5.69. The summed E-state index contributed by atoms with van der Waals surface area (Å²) in [7, 11) is 0. The lowest BCUT2D eigenvalue weighted by molar-refractivity contribution is 0.356. The highest BCUT2D eigenvalue weighted by Crippen LogP contribution is 2.35. The van der Waals surface area contributed by atoms with Crippen LogP contribution in [-0.2, 0) is 0 Å². The van der Waals surface area contributed by atoms with Gasteiger partial charge in [-0.15, -0.1) is 0 Å². The Bertz CT molecular complexity index is 306. The zero-order valence-corrected chi connectivity index (χ0v) is 12.9. The van der Waals surface area contributed by atoms with E-state index in [4.69, 9.17) is 4.42 Å². The molecule has 1 aromatic rings. The summed E-state index contributed by atoms with van der Waals surface area (Å²) in [6.45, 7) is 8.44. The van der Waals surface area contributed by atoms with Gasteiger partial charge in [0.05, 0.1) is 5.69 Å². The molecule has 1 rings (SSSR count). The van der Waals surface area contributed by atoms with Gasteiger partial charge in [-0.2, -0.15) is 0 Å². The third kappa shape index (κ3) is 3.27. The van der Waals surface area contributed by atoms with Crippen LogP contribution in [0.15, 0.2) is 9.64 Å². The predicted octanol–water partition coefficient (Wildman–Crippen LogP) is 4.58. The Balaban J connectivity index is 2.62. The molecule has 0 aromatic carbocycles. The number of halogens is 1. The maximum atomic E-state index is 5.58. The zero-order valence-electron chi connectivity index (χ0n) is 10.5. The largest absolute Gasteiger partial charge is 0.437 e. The third-order valence-electron chi connectivity index (χ3n) is 3.29. The van der Waals surface area contributed by atoms with E-state index in [1.54, 1.807) is 11.8 Å². The molecule has 0 spiro atoms. The van der Waals surface area contributed by atoms with E-state index in [0.717, 1.165) is 27.8 Å². The molecule has 4 heteroatoms. The molecule has 0 unspecified atom stereocenters. The maximum Gasteiger partial charge on any atom is 0.256 e. The molecule has 0 saturated carbocycles. The van der Waals surface area contributed by atoms with Gasteiger partial charge < -0.3 is 4.42 Å². The Hall–Kier alpha value is 0.0400. The van der Waals surface area contributed by atoms with Gasteiger partial charge in [-0.25, -0.2) is 4.98 Å². The van der Waals surface area contributed by atoms with Gasteiger partial charge in [-0.05, 0) is 32.1 Å². The predicted molar refractivity (Wildman–Crippen MR) is 73.5 cm³/mol. The summed E-state index contributed by atoms with van der Waals surface area (Å²) in [4.78, 5) is 4.40. The first-order valence-corrected chi connectivity index (χ1v) is 7.80. The fourth-order valence-electron chi connectivity index (χ4n) is 1.40. The number of aromatic nitrogens is 1. The quantitative estimate of drug-likeness (QED) is 0.568. The Labute approximate surface area is 111 Å². The van der Waals surface area contributed by atoms with Gasteiger partial charge in [0.15, 0.2) is 0 Å². The summed E-state index contributed by atoms with van der Waals surface area (Å²) in [6.07, 6.45) is 2.36. The molecule has 0 aliphatic carbocycles. The molecule has 0 radical (unpaired) electrons. The van der Waals surface area contributed by atoms with Crippen LogP contribution in [0.1, 0.15) is 38.1 Å². The van der Waals surface area contributed by atoms with Gasteiger partial charge in [0.2, 0.25) is 0 Å². The Kier molecular flexibility index (Phi) is 5.38. The number of hydrogen-bond acceptors (Lipinski definition) is 3. The second kappa shape index (κ2) is 6.10. The number of aryl methyl sites for hydroxylation is 2. The van der Waals surface area contributed by atoms with Gasteiger partial charge in [0.1, 0.15) is 5.76 Å². The van der Waals surface area contributed by atoms with Crippen LogP contribution in [0.2, 0.25) is 0 Å². The Morgan fingerprint density at radius 1 is 1.31 bits per heavy atom. The first-order chi connectivity index (χ1) is 7.56. The molecule has 1 aromatic heterocycles. The standard InChI is InChI=1S/C12H20BrNOS/c1-5-12(6-2,7-13)8-16-11-14-9(3)10(4)15-11/h5-8H2,1-4H3. The van der Waals surface area contributed by atoms with Crippen molar-refractivity contribution in [2.24, 2.45) is 5.41 Å². The number of thioether (sulfide) groups is 1. The number of oxazole rings is 1. The summed E-state index contributed by atoms with van der Waals surface area (Å²) < 4.78 is 5.58. The monoisotopic (exact) mass is 305 g/mol. The molecule has 2 nitrogen and oxygen atoms in total. The van der Waals surface area contributed by atoms with Crippen molar-refractivity contribution in [3.63, 3.8) is 0 Å². The first kappa shape index (κ1) is 14.1. The number of alkyl halides is 1. The SMILES string of the molecule is CCC(CC)(CBr)CSc1nc(C)c(C)o1. The van der Waals surface area contributed by atoms with Crippen molar-refractivity contribution < 1.29 is 4.42 Å². The summed E-state index contributed by atoms with van der Waals surface area (Å²) in [5.74, 6) is 1.99. The number of nitrogens with zero attached hydrogens (tertiary/aromatic N) is 1. The van der Waals surface area contributed by atoms with E-state index in [9.17, 15) is 0 Å². The van der Waals surface area contributed by atoms with Crippen molar-refractivity contribution in [2.45, 2.75) is 45.8 Å². The van der Waals surface area contributed by atoms with Gasteiger partial charge >= 0.3 is 0 Å². The molecule has 0 aliphatic heterocycles. The van der Waals surface area contributed by atoms with Crippen LogP contribution in [0.5, 0.6) is 0 Å². The van der Waals surface area contributed by atoms with E-state index in [1.807, 2.05) is 13.8 Å². The van der Waals surface area contributed by atoms with Crippen LogP contribution in [0.25, 0.3) is 0 Å². The minimum atomic E-state index is 0.362. The maximum absolute atomic E-state index is 5.58. The van der Waals surface area contributed by atoms with E-state index >= 15 is 0 Å². The number of hydrogen-bond donors (Lipinski definition) is 0. The lowest BCUT2D eigenvalue weighted by Crippen LogP contribution is -2.23. The molecule has 0 fully saturated rings. The lowest BCUT2D eigenvalue weighted by atomic mass is 9.87. The van der Waals surface area contributed by atoms with Crippen LogP contribution < -0.4 is 0 Å². The summed E-state index contributed by atoms with van der Waals surface area (Å²) in [6, 6.07) is 0. The van der Waals surface area contributed by atoms with Crippen LogP contribution in [0.3, 0.4) is 0 Å². The van der Waals surface area contributed by atoms with E-state index in [-0.39, 0.29) is 0 Å². The molecular formula is C12H20BrNOS. The molecule has 0 atom stereocenters. The molecule has 0 N–H and O–H groups in total. The highest BCUT2D eigenvalue weighted by atomic mass is 79.9. The van der Waals surface area contributed by atoms with Gasteiger partial charge in [0, 0.05) is 11.1 Å². The minimum Gasteiger partial charge on any atom is -0.437 e. The minimum absolute atomic E-state index is 0.362. The van der Waals surface area contributed by atoms with E-state index in [2.05, 4.69) is 34.8 Å². The highest BCUT2D eigenvalue weighted by Gasteiger charge is 2.25. The molecule has 1 heterocycles. The Morgan fingerprint density at radius 3 is 2.31 bits per heavy atom. The topological polar surface area (TPSA) is 26.0 Å². The summed E-state index contributed by atoms with van der Waals surface area (Å²) >= 11 is 5.35. The number of rotatable bonds is 6. The van der Waals surface area contributed by atoms with Crippen molar-refractivity contribution in [1.82, 2.24) is 4.98 Å². The molecule has 92 valence electrons. The lowest BCUT2D eigenvalue weighted by Gasteiger charge is -2.28. The second-order valence-corrected chi connectivity index (χ2v) is 5.74. The molecule has 0 saturated heterocycles. The van der Waals surface area contributed by atoms with Gasteiger partial charge in [-0.1, -0.05) is 41.5 Å². The van der Waals surface area contributed by atoms with E-state index in [1.165, 1.54) is 12.8 Å². The molecule has 0 aliphatic rings. The van der Waals surface area contributed by atoms with Crippen molar-refractivity contribution >= 4 is 27.7 Å². The smallest absolute Gasteiger partial charge is 0.256 e. The summed E-state index contributed by atoms with van der Waals surface area (Å²) in [5, 5.41) is 1.85. The zero-order chi connectivity index (χ0) is 12.2. The van der Waals surface area contributed by atoms with Crippen molar-refractivity contribution in [3.05, 3.63) is 11.5 Å². The molecule has 0 amide bonds. The van der Waals surface area contributed by atoms with Crippen molar-refractivity contribution in [2.75, 3.05) is 11.1 Å². The van der Waals surface area contributed by atoms with E-state index < -0.39 is 0 Å². The highest BCUT2D eigenvalue weighted by molar-refractivity contribution is 9.09. The average Bonchev–Trinajstić information content (AvgIpc) is 2.61. The van der Waals surface area contributed by atoms with Crippen molar-refractivity contribution in [1.29, 1.82) is 0 Å². The average molecular weight is 306 g/mol. The fraction of sp³-hybridized carbons (Fsp3) is 0.750. The van der Waals surface area contributed by atoms with Gasteiger partial charge in [-0.3, -0.25) is 0 Å². The summed E-state index contributed by atoms with van der Waals surface area (Å²) in [5.41, 5.74) is 1.36. The normalized spacial score (nSPS) is 12.1. The fourth-order valence-corrected chi connectivity index (χ4v) is 3.98. The molecule has 16 heavy (non-hydrogen) atoms. The van der Waals surface area contributed by atoms with Crippen LogP contribution in [-0.4, -0.2) is 16.1 Å². The van der Waals surface area contributed by atoms with Crippen LogP contribution >= 0.6 is 27.7 Å². The van der Waals surface area contributed by atoms with Crippen LogP contribution in [0, 0.1) is 19.3 Å². The second-order valence-electron chi connectivity index (χ2n) is 4.25. The van der Waals surface area contributed by atoms with E-state index in [0.29, 0.717) is 5.41 Å². The molecule has 0 bridgehead atoms. The van der Waals surface area contributed by atoms with Crippen molar-refractivity contribution in [3.8, 4) is 0 Å².